The molecule has 2 aromatic heterocycles. The van der Waals surface area contributed by atoms with E-state index in [1.165, 1.54) is 11.3 Å². The number of esters is 1. The van der Waals surface area contributed by atoms with Crippen LogP contribution in [0.4, 0.5) is 24.7 Å². The predicted molar refractivity (Wildman–Crippen MR) is 141 cm³/mol. The molecule has 2 aliphatic heterocycles. The number of pyridine rings is 1. The van der Waals surface area contributed by atoms with Gasteiger partial charge in [-0.2, -0.15) is 13.2 Å². The maximum absolute atomic E-state index is 13.5. The lowest BCUT2D eigenvalue weighted by atomic mass is 9.96. The minimum Gasteiger partial charge on any atom is -0.475 e. The van der Waals surface area contributed by atoms with Crippen LogP contribution in [0.15, 0.2) is 29.8 Å². The van der Waals surface area contributed by atoms with Crippen LogP contribution >= 0.6 is 11.3 Å². The molecule has 40 heavy (non-hydrogen) atoms. The number of piperazine rings is 1. The third-order valence-electron chi connectivity index (χ3n) is 6.16. The van der Waals surface area contributed by atoms with E-state index >= 15 is 0 Å². The Bertz CT molecular complexity index is 1180. The molecule has 11 nitrogen and oxygen atoms in total. The zero-order valence-electron chi connectivity index (χ0n) is 21.7. The van der Waals surface area contributed by atoms with Crippen LogP contribution in [0.25, 0.3) is 0 Å². The minimum absolute atomic E-state index is 0.134. The van der Waals surface area contributed by atoms with Crippen molar-refractivity contribution in [2.24, 2.45) is 5.92 Å². The molecule has 15 heteroatoms. The smallest absolute Gasteiger partial charge is 0.475 e. The Labute approximate surface area is 232 Å². The lowest BCUT2D eigenvalue weighted by molar-refractivity contribution is -0.192. The summed E-state index contributed by atoms with van der Waals surface area (Å²) >= 11 is 1.35. The summed E-state index contributed by atoms with van der Waals surface area (Å²) in [4.78, 5) is 56.1. The van der Waals surface area contributed by atoms with Gasteiger partial charge >= 0.3 is 18.1 Å². The minimum atomic E-state index is -5.08. The van der Waals surface area contributed by atoms with E-state index in [0.29, 0.717) is 54.5 Å². The third kappa shape index (κ3) is 8.39. The summed E-state index contributed by atoms with van der Waals surface area (Å²) in [5.41, 5.74) is 0.951. The molecule has 0 radical (unpaired) electrons. The highest BCUT2D eigenvalue weighted by Crippen LogP contribution is 2.27. The molecule has 0 saturated carbocycles. The van der Waals surface area contributed by atoms with Gasteiger partial charge in [-0.15, -0.1) is 11.3 Å². The number of amides is 2. The fraction of sp³-hybridized carbons (Fsp3) is 0.480. The van der Waals surface area contributed by atoms with Crippen molar-refractivity contribution in [2.75, 3.05) is 56.1 Å². The fourth-order valence-electron chi connectivity index (χ4n) is 4.16. The molecule has 2 saturated heterocycles. The Balaban J connectivity index is 0.000000559. The number of aromatic nitrogens is 1. The summed E-state index contributed by atoms with van der Waals surface area (Å²) < 4.78 is 36.9. The van der Waals surface area contributed by atoms with Gasteiger partial charge in [0.25, 0.3) is 11.8 Å². The van der Waals surface area contributed by atoms with Crippen molar-refractivity contribution in [2.45, 2.75) is 25.9 Å². The predicted octanol–water partition coefficient (Wildman–Crippen LogP) is 2.85. The van der Waals surface area contributed by atoms with Crippen LogP contribution in [0.2, 0.25) is 0 Å². The largest absolute Gasteiger partial charge is 0.490 e. The molecule has 4 heterocycles. The molecule has 0 spiro atoms. The van der Waals surface area contributed by atoms with Crippen LogP contribution in [0.1, 0.15) is 39.8 Å². The number of hydrogen-bond acceptors (Lipinski definition) is 9. The van der Waals surface area contributed by atoms with Crippen molar-refractivity contribution in [1.29, 1.82) is 0 Å². The monoisotopic (exact) mass is 585 g/mol. The number of alkyl halides is 3. The number of aliphatic carboxylic acids is 1. The van der Waals surface area contributed by atoms with E-state index < -0.39 is 12.1 Å². The van der Waals surface area contributed by atoms with Gasteiger partial charge in [0.1, 0.15) is 5.82 Å². The lowest BCUT2D eigenvalue weighted by Crippen LogP contribution is -2.45. The Morgan fingerprint density at radius 3 is 2.38 bits per heavy atom. The highest BCUT2D eigenvalue weighted by atomic mass is 32.1. The number of ether oxygens (including phenoxy) is 1. The standard InChI is InChI=1S/C23H29N5O4S.C2HF3O2/c1-2-32-23(31)16-5-9-28(10-6-16)22(30)18-14-17(26-21(29)19-4-3-13-33-19)15-25-20(18)27-11-7-24-8-12-27;3-2(4,5)1(6)7/h3-4,13-16,24H,2,5-12H2,1H3,(H,26,29);(H,6,7). The zero-order valence-corrected chi connectivity index (χ0v) is 22.5. The molecular weight excluding hydrogens is 555 g/mol. The maximum Gasteiger partial charge on any atom is 0.490 e. The molecule has 0 atom stereocenters. The molecule has 2 aliphatic rings. The number of carboxylic acids is 1. The van der Waals surface area contributed by atoms with E-state index in [0.717, 1.165) is 26.2 Å². The zero-order chi connectivity index (χ0) is 29.3. The maximum atomic E-state index is 13.5. The van der Waals surface area contributed by atoms with Crippen LogP contribution in [0, 0.1) is 5.92 Å². The van der Waals surface area contributed by atoms with E-state index in [9.17, 15) is 27.6 Å². The number of nitrogens with one attached hydrogen (secondary N) is 2. The quantitative estimate of drug-likeness (QED) is 0.437. The first-order valence-electron chi connectivity index (χ1n) is 12.6. The summed E-state index contributed by atoms with van der Waals surface area (Å²) in [6, 6.07) is 5.29. The molecule has 0 bridgehead atoms. The average molecular weight is 586 g/mol. The summed E-state index contributed by atoms with van der Waals surface area (Å²) in [6.07, 6.45) is -2.32. The second kappa shape index (κ2) is 14.1. The van der Waals surface area contributed by atoms with Gasteiger partial charge < -0.3 is 30.3 Å². The van der Waals surface area contributed by atoms with E-state index in [4.69, 9.17) is 14.6 Å². The van der Waals surface area contributed by atoms with Crippen molar-refractivity contribution in [3.8, 4) is 0 Å². The first kappa shape index (κ1) is 30.8. The van der Waals surface area contributed by atoms with Crippen LogP contribution in [-0.2, 0) is 14.3 Å². The summed E-state index contributed by atoms with van der Waals surface area (Å²) in [7, 11) is 0. The topological polar surface area (TPSA) is 141 Å². The molecule has 4 rings (SSSR count). The molecule has 218 valence electrons. The molecule has 0 aromatic carbocycles. The van der Waals surface area contributed by atoms with Crippen molar-refractivity contribution in [3.05, 3.63) is 40.2 Å². The van der Waals surface area contributed by atoms with Crippen LogP contribution in [0.3, 0.4) is 0 Å². The van der Waals surface area contributed by atoms with Crippen LogP contribution < -0.4 is 15.5 Å². The van der Waals surface area contributed by atoms with Gasteiger partial charge in [-0.3, -0.25) is 14.4 Å². The van der Waals surface area contributed by atoms with Gasteiger partial charge in [0.05, 0.1) is 34.8 Å². The van der Waals surface area contributed by atoms with Gasteiger partial charge in [-0.1, -0.05) is 6.07 Å². The second-order valence-corrected chi connectivity index (χ2v) is 9.83. The molecule has 2 fully saturated rings. The van der Waals surface area contributed by atoms with Gasteiger partial charge in [0.15, 0.2) is 0 Å². The number of carboxylic acid groups (broad SMARTS) is 1. The van der Waals surface area contributed by atoms with Gasteiger partial charge in [0.2, 0.25) is 0 Å². The van der Waals surface area contributed by atoms with E-state index in [-0.39, 0.29) is 23.7 Å². The van der Waals surface area contributed by atoms with Crippen molar-refractivity contribution < 1.29 is 42.2 Å². The number of likely N-dealkylation sites (tertiary alicyclic amines) is 1. The molecular formula is C25H30F3N5O6S. The number of halogens is 3. The number of nitrogens with zero attached hydrogens (tertiary/aromatic N) is 3. The van der Waals surface area contributed by atoms with Crippen LogP contribution in [0.5, 0.6) is 0 Å². The van der Waals surface area contributed by atoms with Crippen molar-refractivity contribution >= 4 is 46.6 Å². The van der Waals surface area contributed by atoms with E-state index in [2.05, 4.69) is 20.5 Å². The van der Waals surface area contributed by atoms with Crippen LogP contribution in [-0.4, -0.2) is 90.8 Å². The Morgan fingerprint density at radius 1 is 1.18 bits per heavy atom. The average Bonchev–Trinajstić information content (AvgIpc) is 3.49. The fourth-order valence-corrected chi connectivity index (χ4v) is 4.78. The first-order valence-corrected chi connectivity index (χ1v) is 13.5. The van der Waals surface area contributed by atoms with Crippen molar-refractivity contribution in [3.63, 3.8) is 0 Å². The molecule has 3 N–H and O–H groups in total. The number of carbonyl (C=O) groups is 4. The number of rotatable bonds is 6. The molecule has 2 amide bonds. The van der Waals surface area contributed by atoms with E-state index in [1.54, 1.807) is 30.2 Å². The Hall–Kier alpha value is -3.72. The number of thiophene rings is 1. The molecule has 0 unspecified atom stereocenters. The lowest BCUT2D eigenvalue weighted by Gasteiger charge is -2.33. The normalized spacial score (nSPS) is 16.0. The Kier molecular flexibility index (Phi) is 10.8. The number of anilines is 2. The second-order valence-electron chi connectivity index (χ2n) is 8.89. The van der Waals surface area contributed by atoms with Gasteiger partial charge in [-0.05, 0) is 37.3 Å². The van der Waals surface area contributed by atoms with E-state index in [1.807, 2.05) is 11.4 Å². The summed E-state index contributed by atoms with van der Waals surface area (Å²) in [6.45, 7) is 6.25. The summed E-state index contributed by atoms with van der Waals surface area (Å²) in [5, 5.41) is 15.1. The van der Waals surface area contributed by atoms with Gasteiger partial charge in [-0.25, -0.2) is 9.78 Å². The molecule has 0 aliphatic carbocycles. The molecule has 2 aromatic rings. The third-order valence-corrected chi connectivity index (χ3v) is 7.03. The highest BCUT2D eigenvalue weighted by molar-refractivity contribution is 7.12. The number of carbonyl (C=O) groups excluding carboxylic acids is 3. The number of piperidine rings is 1. The van der Waals surface area contributed by atoms with Crippen molar-refractivity contribution in [1.82, 2.24) is 15.2 Å². The summed E-state index contributed by atoms with van der Waals surface area (Å²) in [5.74, 6) is -2.85. The Morgan fingerprint density at radius 2 is 1.82 bits per heavy atom. The first-order chi connectivity index (χ1) is 19.0. The van der Waals surface area contributed by atoms with Gasteiger partial charge in [0, 0.05) is 39.3 Å². The SMILES string of the molecule is CCOC(=O)C1CCN(C(=O)c2cc(NC(=O)c3cccs3)cnc2N2CCNCC2)CC1.O=C(O)C(F)(F)F. The highest BCUT2D eigenvalue weighted by Gasteiger charge is 2.38. The number of hydrogen-bond donors (Lipinski definition) is 3.